The van der Waals surface area contributed by atoms with Crippen LogP contribution in [0.15, 0.2) is 0 Å². The Morgan fingerprint density at radius 3 is 3.00 bits per heavy atom. The molecule has 4 nitrogen and oxygen atoms in total. The monoisotopic (exact) mass is 228 g/mol. The van der Waals surface area contributed by atoms with Crippen molar-refractivity contribution in [3.05, 3.63) is 0 Å². The molecule has 0 aromatic carbocycles. The van der Waals surface area contributed by atoms with Crippen molar-refractivity contribution < 1.29 is 9.53 Å². The van der Waals surface area contributed by atoms with Gasteiger partial charge in [0, 0.05) is 19.6 Å². The number of carbonyl (C=O) groups excluding carboxylic acids is 1. The first-order chi connectivity index (χ1) is 7.74. The molecule has 0 radical (unpaired) electrons. The highest BCUT2D eigenvalue weighted by Gasteiger charge is 2.15. The molecule has 1 amide bonds. The lowest BCUT2D eigenvalue weighted by molar-refractivity contribution is -0.137. The average Bonchev–Trinajstić information content (AvgIpc) is 2.55. The number of carbonyl (C=O) groups is 1. The van der Waals surface area contributed by atoms with Crippen LogP contribution in [0.4, 0.5) is 0 Å². The van der Waals surface area contributed by atoms with Crippen molar-refractivity contribution in [2.45, 2.75) is 39.2 Å². The number of hydrogen-bond donors (Lipinski definition) is 1. The third-order valence-electron chi connectivity index (χ3n) is 2.88. The van der Waals surface area contributed by atoms with Gasteiger partial charge in [-0.1, -0.05) is 13.3 Å². The highest BCUT2D eigenvalue weighted by atomic mass is 16.5. The van der Waals surface area contributed by atoms with Gasteiger partial charge in [0.15, 0.2) is 0 Å². The second kappa shape index (κ2) is 7.63. The topological polar surface area (TPSA) is 41.6 Å². The van der Waals surface area contributed by atoms with Gasteiger partial charge in [0.2, 0.25) is 5.91 Å². The Morgan fingerprint density at radius 1 is 1.44 bits per heavy atom. The van der Waals surface area contributed by atoms with Crippen molar-refractivity contribution in [3.8, 4) is 0 Å². The molecule has 0 saturated carbocycles. The van der Waals surface area contributed by atoms with E-state index >= 15 is 0 Å². The fourth-order valence-electron chi connectivity index (χ4n) is 1.89. The Balaban J connectivity index is 2.22. The second-order valence-electron chi connectivity index (χ2n) is 4.39. The van der Waals surface area contributed by atoms with Gasteiger partial charge in [0.1, 0.15) is 6.61 Å². The van der Waals surface area contributed by atoms with Crippen molar-refractivity contribution in [1.82, 2.24) is 10.2 Å². The first kappa shape index (κ1) is 13.5. The van der Waals surface area contributed by atoms with E-state index in [2.05, 4.69) is 12.2 Å². The van der Waals surface area contributed by atoms with Crippen LogP contribution >= 0.6 is 0 Å². The lowest BCUT2D eigenvalue weighted by Crippen LogP contribution is -2.37. The van der Waals surface area contributed by atoms with Crippen LogP contribution < -0.4 is 5.32 Å². The van der Waals surface area contributed by atoms with Gasteiger partial charge in [-0.25, -0.2) is 0 Å². The molecule has 1 heterocycles. The maximum atomic E-state index is 11.8. The summed E-state index contributed by atoms with van der Waals surface area (Å²) in [5, 5.41) is 3.28. The Morgan fingerprint density at radius 2 is 2.25 bits per heavy atom. The van der Waals surface area contributed by atoms with Gasteiger partial charge >= 0.3 is 0 Å². The largest absolute Gasteiger partial charge is 0.369 e. The van der Waals surface area contributed by atoms with Gasteiger partial charge in [0.05, 0.1) is 6.10 Å². The molecule has 94 valence electrons. The summed E-state index contributed by atoms with van der Waals surface area (Å²) in [7, 11) is 0. The summed E-state index contributed by atoms with van der Waals surface area (Å²) in [5.74, 6) is 0.131. The van der Waals surface area contributed by atoms with Crippen LogP contribution in [0.3, 0.4) is 0 Å². The van der Waals surface area contributed by atoms with Crippen LogP contribution in [0.25, 0.3) is 0 Å². The smallest absolute Gasteiger partial charge is 0.248 e. The number of hydrogen-bond acceptors (Lipinski definition) is 3. The zero-order valence-corrected chi connectivity index (χ0v) is 10.5. The number of ether oxygens (including phenoxy) is 1. The van der Waals surface area contributed by atoms with Crippen LogP contribution in [0.2, 0.25) is 0 Å². The molecule has 0 aliphatic carbocycles. The normalized spacial score (nSPS) is 19.2. The van der Waals surface area contributed by atoms with E-state index in [4.69, 9.17) is 4.74 Å². The summed E-state index contributed by atoms with van der Waals surface area (Å²) in [5.41, 5.74) is 0. The minimum absolute atomic E-state index is 0.131. The maximum Gasteiger partial charge on any atom is 0.248 e. The van der Waals surface area contributed by atoms with Gasteiger partial charge < -0.3 is 15.0 Å². The third kappa shape index (κ3) is 4.94. The van der Waals surface area contributed by atoms with Gasteiger partial charge in [-0.2, -0.15) is 0 Å². The SMILES string of the molecule is CCCC(C)OCC(=O)N1CCCNCC1. The fraction of sp³-hybridized carbons (Fsp3) is 0.917. The first-order valence-electron chi connectivity index (χ1n) is 6.34. The molecule has 4 heteroatoms. The van der Waals surface area contributed by atoms with Crippen LogP contribution in [0.1, 0.15) is 33.1 Å². The number of nitrogens with zero attached hydrogens (tertiary/aromatic N) is 1. The van der Waals surface area contributed by atoms with E-state index < -0.39 is 0 Å². The molecule has 0 spiro atoms. The van der Waals surface area contributed by atoms with Crippen LogP contribution in [0.5, 0.6) is 0 Å². The molecule has 0 aromatic heterocycles. The molecule has 1 N–H and O–H groups in total. The molecule has 1 aliphatic heterocycles. The van der Waals surface area contributed by atoms with E-state index in [-0.39, 0.29) is 18.6 Å². The molecule has 0 bridgehead atoms. The Kier molecular flexibility index (Phi) is 6.42. The summed E-state index contributed by atoms with van der Waals surface area (Å²) in [6.07, 6.45) is 3.35. The summed E-state index contributed by atoms with van der Waals surface area (Å²) in [6.45, 7) is 7.97. The molecular formula is C12H24N2O2. The van der Waals surface area contributed by atoms with Crippen molar-refractivity contribution in [1.29, 1.82) is 0 Å². The van der Waals surface area contributed by atoms with Gasteiger partial charge in [-0.15, -0.1) is 0 Å². The minimum atomic E-state index is 0.131. The maximum absolute atomic E-state index is 11.8. The lowest BCUT2D eigenvalue weighted by atomic mass is 10.2. The fourth-order valence-corrected chi connectivity index (χ4v) is 1.89. The van der Waals surface area contributed by atoms with E-state index in [1.54, 1.807) is 0 Å². The summed E-state index contributed by atoms with van der Waals surface area (Å²) < 4.78 is 5.53. The predicted octanol–water partition coefficient (Wildman–Crippen LogP) is 1.01. The Bertz CT molecular complexity index is 201. The van der Waals surface area contributed by atoms with Gasteiger partial charge in [-0.05, 0) is 26.3 Å². The van der Waals surface area contributed by atoms with E-state index in [1.807, 2.05) is 11.8 Å². The standard InChI is InChI=1S/C12H24N2O2/c1-3-5-11(2)16-10-12(15)14-8-4-6-13-7-9-14/h11,13H,3-10H2,1-2H3. The van der Waals surface area contributed by atoms with E-state index in [9.17, 15) is 4.79 Å². The first-order valence-corrected chi connectivity index (χ1v) is 6.34. The molecule has 1 atom stereocenters. The van der Waals surface area contributed by atoms with E-state index in [1.165, 1.54) is 0 Å². The third-order valence-corrected chi connectivity index (χ3v) is 2.88. The zero-order chi connectivity index (χ0) is 11.8. The predicted molar refractivity (Wildman–Crippen MR) is 64.4 cm³/mol. The second-order valence-corrected chi connectivity index (χ2v) is 4.39. The average molecular weight is 228 g/mol. The molecular weight excluding hydrogens is 204 g/mol. The van der Waals surface area contributed by atoms with Crippen molar-refractivity contribution in [3.63, 3.8) is 0 Å². The summed E-state index contributed by atoms with van der Waals surface area (Å²) in [4.78, 5) is 13.7. The Labute approximate surface area is 98.3 Å². The molecule has 1 rings (SSSR count). The van der Waals surface area contributed by atoms with Crippen molar-refractivity contribution >= 4 is 5.91 Å². The quantitative estimate of drug-likeness (QED) is 0.763. The number of nitrogens with one attached hydrogen (secondary N) is 1. The zero-order valence-electron chi connectivity index (χ0n) is 10.5. The lowest BCUT2D eigenvalue weighted by Gasteiger charge is -2.21. The number of amides is 1. The van der Waals surface area contributed by atoms with Crippen LogP contribution in [-0.2, 0) is 9.53 Å². The summed E-state index contributed by atoms with van der Waals surface area (Å²) >= 11 is 0. The van der Waals surface area contributed by atoms with Crippen molar-refractivity contribution in [2.75, 3.05) is 32.8 Å². The highest BCUT2D eigenvalue weighted by molar-refractivity contribution is 5.77. The van der Waals surface area contributed by atoms with Crippen LogP contribution in [0, 0.1) is 0 Å². The minimum Gasteiger partial charge on any atom is -0.369 e. The highest BCUT2D eigenvalue weighted by Crippen LogP contribution is 2.02. The summed E-state index contributed by atoms with van der Waals surface area (Å²) in [6, 6.07) is 0. The van der Waals surface area contributed by atoms with Crippen molar-refractivity contribution in [2.24, 2.45) is 0 Å². The molecule has 1 fully saturated rings. The van der Waals surface area contributed by atoms with E-state index in [0.29, 0.717) is 0 Å². The van der Waals surface area contributed by atoms with Gasteiger partial charge in [-0.3, -0.25) is 4.79 Å². The van der Waals surface area contributed by atoms with E-state index in [0.717, 1.165) is 45.4 Å². The molecule has 1 aliphatic rings. The van der Waals surface area contributed by atoms with Gasteiger partial charge in [0.25, 0.3) is 0 Å². The van der Waals surface area contributed by atoms with Crippen LogP contribution in [-0.4, -0.2) is 49.7 Å². The molecule has 16 heavy (non-hydrogen) atoms. The molecule has 1 saturated heterocycles. The molecule has 0 aromatic rings. The Hall–Kier alpha value is -0.610. The molecule has 1 unspecified atom stereocenters. The number of rotatable bonds is 5.